The number of likely N-dealkylation sites (tertiary alicyclic amines) is 1. The van der Waals surface area contributed by atoms with Gasteiger partial charge in [0.15, 0.2) is 0 Å². The van der Waals surface area contributed by atoms with Gasteiger partial charge in [-0.1, -0.05) is 13.8 Å². The predicted molar refractivity (Wildman–Crippen MR) is 69.5 cm³/mol. The normalized spacial score (nSPS) is 22.5. The molecule has 2 unspecified atom stereocenters. The predicted octanol–water partition coefficient (Wildman–Crippen LogP) is 1.30. The number of nitrogen functional groups attached to an aromatic ring is 1. The number of hydrogen-bond acceptors (Lipinski definition) is 5. The largest absolute Gasteiger partial charge is 0.384 e. The molecule has 2 atom stereocenters. The standard InChI is InChI=1S/C12H16N4O3/c1-7-5-15(6-8(7)2)12(17)9-3-11(13)14-4-10(9)16(18)19/h3-4,7-8H,5-6H2,1-2H3,(H2,13,14). The van der Waals surface area contributed by atoms with Crippen molar-refractivity contribution in [1.29, 1.82) is 0 Å². The van der Waals surface area contributed by atoms with Crippen LogP contribution >= 0.6 is 0 Å². The minimum absolute atomic E-state index is 0.0128. The third-order valence-corrected chi connectivity index (χ3v) is 3.61. The van der Waals surface area contributed by atoms with Gasteiger partial charge < -0.3 is 10.6 Å². The van der Waals surface area contributed by atoms with Crippen LogP contribution in [0, 0.1) is 22.0 Å². The Kier molecular flexibility index (Phi) is 3.37. The summed E-state index contributed by atoms with van der Waals surface area (Å²) in [7, 11) is 0. The van der Waals surface area contributed by atoms with Crippen molar-refractivity contribution in [3.63, 3.8) is 0 Å². The quantitative estimate of drug-likeness (QED) is 0.640. The topological polar surface area (TPSA) is 102 Å². The molecule has 1 fully saturated rings. The van der Waals surface area contributed by atoms with Crippen molar-refractivity contribution in [1.82, 2.24) is 9.88 Å². The van der Waals surface area contributed by atoms with E-state index in [1.54, 1.807) is 4.90 Å². The highest BCUT2D eigenvalue weighted by molar-refractivity contribution is 5.98. The number of carbonyl (C=O) groups is 1. The summed E-state index contributed by atoms with van der Waals surface area (Å²) in [5, 5.41) is 10.9. The van der Waals surface area contributed by atoms with E-state index in [9.17, 15) is 14.9 Å². The maximum atomic E-state index is 12.4. The molecular weight excluding hydrogens is 248 g/mol. The molecule has 2 rings (SSSR count). The molecule has 2 heterocycles. The number of anilines is 1. The van der Waals surface area contributed by atoms with Gasteiger partial charge in [-0.2, -0.15) is 0 Å². The van der Waals surface area contributed by atoms with Crippen LogP contribution in [-0.2, 0) is 0 Å². The fourth-order valence-electron chi connectivity index (χ4n) is 2.25. The van der Waals surface area contributed by atoms with Gasteiger partial charge in [-0.3, -0.25) is 14.9 Å². The Balaban J connectivity index is 2.33. The van der Waals surface area contributed by atoms with Gasteiger partial charge in [0.1, 0.15) is 17.6 Å². The molecule has 0 aliphatic carbocycles. The minimum atomic E-state index is -0.609. The van der Waals surface area contributed by atoms with Gasteiger partial charge in [-0.05, 0) is 17.9 Å². The highest BCUT2D eigenvalue weighted by atomic mass is 16.6. The highest BCUT2D eigenvalue weighted by Gasteiger charge is 2.33. The van der Waals surface area contributed by atoms with E-state index in [0.717, 1.165) is 6.20 Å². The van der Waals surface area contributed by atoms with Crippen molar-refractivity contribution >= 4 is 17.4 Å². The molecule has 7 nitrogen and oxygen atoms in total. The Morgan fingerprint density at radius 2 is 2.05 bits per heavy atom. The first-order valence-corrected chi connectivity index (χ1v) is 6.09. The zero-order valence-electron chi connectivity index (χ0n) is 10.9. The van der Waals surface area contributed by atoms with Crippen LogP contribution in [-0.4, -0.2) is 33.8 Å². The molecule has 102 valence electrons. The second kappa shape index (κ2) is 4.83. The lowest BCUT2D eigenvalue weighted by atomic mass is 10.0. The number of rotatable bonds is 2. The van der Waals surface area contributed by atoms with Crippen LogP contribution in [0.5, 0.6) is 0 Å². The first kappa shape index (κ1) is 13.3. The molecule has 1 aliphatic rings. The van der Waals surface area contributed by atoms with Crippen LogP contribution in [0.25, 0.3) is 0 Å². The summed E-state index contributed by atoms with van der Waals surface area (Å²) < 4.78 is 0. The average Bonchev–Trinajstić information content (AvgIpc) is 2.68. The van der Waals surface area contributed by atoms with Crippen molar-refractivity contribution < 1.29 is 9.72 Å². The Bertz CT molecular complexity index is 522. The number of hydrogen-bond donors (Lipinski definition) is 1. The molecule has 0 aromatic carbocycles. The molecule has 0 saturated carbocycles. The Morgan fingerprint density at radius 1 is 1.47 bits per heavy atom. The van der Waals surface area contributed by atoms with Crippen molar-refractivity contribution in [2.24, 2.45) is 11.8 Å². The summed E-state index contributed by atoms with van der Waals surface area (Å²) in [6.45, 7) is 5.35. The second-order valence-corrected chi connectivity index (χ2v) is 5.05. The molecular formula is C12H16N4O3. The lowest BCUT2D eigenvalue weighted by molar-refractivity contribution is -0.385. The van der Waals surface area contributed by atoms with Gasteiger partial charge >= 0.3 is 0 Å². The minimum Gasteiger partial charge on any atom is -0.384 e. The Hall–Kier alpha value is -2.18. The zero-order valence-corrected chi connectivity index (χ0v) is 10.9. The maximum Gasteiger partial charge on any atom is 0.300 e. The third-order valence-electron chi connectivity index (χ3n) is 3.61. The summed E-state index contributed by atoms with van der Waals surface area (Å²) in [4.78, 5) is 28.0. The molecule has 0 bridgehead atoms. The molecule has 1 saturated heterocycles. The number of amides is 1. The van der Waals surface area contributed by atoms with Crippen LogP contribution in [0.4, 0.5) is 11.5 Å². The lowest BCUT2D eigenvalue weighted by Gasteiger charge is -2.16. The van der Waals surface area contributed by atoms with E-state index in [4.69, 9.17) is 5.73 Å². The molecule has 7 heteroatoms. The highest BCUT2D eigenvalue weighted by Crippen LogP contribution is 2.27. The van der Waals surface area contributed by atoms with Crippen LogP contribution < -0.4 is 5.73 Å². The molecule has 1 aromatic heterocycles. The lowest BCUT2D eigenvalue weighted by Crippen LogP contribution is -2.29. The van der Waals surface area contributed by atoms with E-state index in [1.165, 1.54) is 6.07 Å². The second-order valence-electron chi connectivity index (χ2n) is 5.05. The van der Waals surface area contributed by atoms with Gasteiger partial charge in [0.25, 0.3) is 11.6 Å². The van der Waals surface area contributed by atoms with Gasteiger partial charge in [-0.15, -0.1) is 0 Å². The van der Waals surface area contributed by atoms with Crippen molar-refractivity contribution in [2.45, 2.75) is 13.8 Å². The van der Waals surface area contributed by atoms with Crippen molar-refractivity contribution in [3.05, 3.63) is 27.9 Å². The Labute approximate surface area is 110 Å². The Morgan fingerprint density at radius 3 is 2.58 bits per heavy atom. The summed E-state index contributed by atoms with van der Waals surface area (Å²) >= 11 is 0. The first-order chi connectivity index (χ1) is 8.90. The number of pyridine rings is 1. The zero-order chi connectivity index (χ0) is 14.2. The fourth-order valence-corrected chi connectivity index (χ4v) is 2.25. The van der Waals surface area contributed by atoms with Crippen LogP contribution in [0.15, 0.2) is 12.3 Å². The molecule has 2 N–H and O–H groups in total. The van der Waals surface area contributed by atoms with E-state index >= 15 is 0 Å². The number of carbonyl (C=O) groups excluding carboxylic acids is 1. The van der Waals surface area contributed by atoms with E-state index in [-0.39, 0.29) is 23.0 Å². The van der Waals surface area contributed by atoms with Gasteiger partial charge in [0.05, 0.1) is 4.92 Å². The van der Waals surface area contributed by atoms with Crippen LogP contribution in [0.1, 0.15) is 24.2 Å². The number of nitro groups is 1. The van der Waals surface area contributed by atoms with E-state index in [0.29, 0.717) is 24.9 Å². The van der Waals surface area contributed by atoms with E-state index in [2.05, 4.69) is 18.8 Å². The molecule has 1 amide bonds. The van der Waals surface area contributed by atoms with E-state index < -0.39 is 4.92 Å². The monoisotopic (exact) mass is 264 g/mol. The summed E-state index contributed by atoms with van der Waals surface area (Å²) in [6, 6.07) is 1.27. The van der Waals surface area contributed by atoms with Crippen LogP contribution in [0.3, 0.4) is 0 Å². The smallest absolute Gasteiger partial charge is 0.300 e. The third kappa shape index (κ3) is 2.49. The number of aromatic nitrogens is 1. The molecule has 1 aromatic rings. The van der Waals surface area contributed by atoms with Crippen molar-refractivity contribution in [2.75, 3.05) is 18.8 Å². The fraction of sp³-hybridized carbons (Fsp3) is 0.500. The SMILES string of the molecule is CC1CN(C(=O)c2cc(N)ncc2[N+](=O)[O-])CC1C. The maximum absolute atomic E-state index is 12.4. The summed E-state index contributed by atoms with van der Waals surface area (Å²) in [5.74, 6) is 0.538. The first-order valence-electron chi connectivity index (χ1n) is 6.09. The summed E-state index contributed by atoms with van der Waals surface area (Å²) in [5.41, 5.74) is 5.23. The van der Waals surface area contributed by atoms with Gasteiger partial charge in [0.2, 0.25) is 0 Å². The molecule has 0 spiro atoms. The van der Waals surface area contributed by atoms with Gasteiger partial charge in [0, 0.05) is 13.1 Å². The van der Waals surface area contributed by atoms with Crippen LogP contribution in [0.2, 0.25) is 0 Å². The number of nitrogens with zero attached hydrogens (tertiary/aromatic N) is 3. The summed E-state index contributed by atoms with van der Waals surface area (Å²) in [6.07, 6.45) is 1.03. The molecule has 0 radical (unpaired) electrons. The average molecular weight is 264 g/mol. The van der Waals surface area contributed by atoms with Gasteiger partial charge in [-0.25, -0.2) is 4.98 Å². The molecule has 1 aliphatic heterocycles. The van der Waals surface area contributed by atoms with Crippen molar-refractivity contribution in [3.8, 4) is 0 Å². The molecule has 19 heavy (non-hydrogen) atoms. The number of nitrogens with two attached hydrogens (primary N) is 1. The van der Waals surface area contributed by atoms with E-state index in [1.807, 2.05) is 0 Å².